The quantitative estimate of drug-likeness (QED) is 0.757. The molecule has 1 N–H and O–H groups in total. The zero-order chi connectivity index (χ0) is 16.4. The Balaban J connectivity index is 1.85. The summed E-state index contributed by atoms with van der Waals surface area (Å²) in [4.78, 5) is 23.5. The highest BCUT2D eigenvalue weighted by Gasteiger charge is 2.58. The van der Waals surface area contributed by atoms with E-state index in [0.29, 0.717) is 23.3 Å². The van der Waals surface area contributed by atoms with E-state index in [4.69, 9.17) is 0 Å². The van der Waals surface area contributed by atoms with Crippen LogP contribution >= 0.6 is 0 Å². The second kappa shape index (κ2) is 4.76. The van der Waals surface area contributed by atoms with Gasteiger partial charge in [0.05, 0.1) is 6.10 Å². The van der Waals surface area contributed by atoms with Crippen LogP contribution in [0.25, 0.3) is 0 Å². The largest absolute Gasteiger partial charge is 0.393 e. The minimum atomic E-state index is -0.238. The fourth-order valence-corrected chi connectivity index (χ4v) is 5.91. The average Bonchev–Trinajstić information content (AvgIpc) is 2.83. The maximum absolute atomic E-state index is 11.8. The Morgan fingerprint density at radius 3 is 2.74 bits per heavy atom. The molecule has 0 radical (unpaired) electrons. The first-order chi connectivity index (χ1) is 10.9. The zero-order valence-corrected chi connectivity index (χ0v) is 13.8. The Kier molecular flexibility index (Phi) is 3.12. The summed E-state index contributed by atoms with van der Waals surface area (Å²) in [6.07, 6.45) is 12.1. The van der Waals surface area contributed by atoms with Gasteiger partial charge in [0.2, 0.25) is 0 Å². The van der Waals surface area contributed by atoms with Gasteiger partial charge in [0.1, 0.15) is 6.29 Å². The van der Waals surface area contributed by atoms with Crippen molar-refractivity contribution in [2.75, 3.05) is 0 Å². The van der Waals surface area contributed by atoms with Crippen molar-refractivity contribution in [3.8, 4) is 0 Å². The second-order valence-electron chi connectivity index (χ2n) is 8.24. The molecule has 0 bridgehead atoms. The Bertz CT molecular complexity index is 670. The van der Waals surface area contributed by atoms with Crippen molar-refractivity contribution in [2.24, 2.45) is 28.6 Å². The molecule has 4 aliphatic rings. The summed E-state index contributed by atoms with van der Waals surface area (Å²) in [5.41, 5.74) is 1.30. The minimum Gasteiger partial charge on any atom is -0.393 e. The van der Waals surface area contributed by atoms with E-state index in [2.05, 4.69) is 19.9 Å². The number of allylic oxidation sites excluding steroid dienone is 6. The molecule has 0 aromatic carbocycles. The van der Waals surface area contributed by atoms with Gasteiger partial charge in [-0.1, -0.05) is 26.0 Å². The Morgan fingerprint density at radius 1 is 1.22 bits per heavy atom. The molecule has 3 nitrogen and oxygen atoms in total. The van der Waals surface area contributed by atoms with Gasteiger partial charge in [0.15, 0.2) is 5.78 Å². The van der Waals surface area contributed by atoms with Gasteiger partial charge in [-0.15, -0.1) is 0 Å². The lowest BCUT2D eigenvalue weighted by Gasteiger charge is -2.55. The van der Waals surface area contributed by atoms with E-state index in [-0.39, 0.29) is 22.7 Å². The lowest BCUT2D eigenvalue weighted by Crippen LogP contribution is -2.49. The van der Waals surface area contributed by atoms with E-state index in [0.717, 1.165) is 37.5 Å². The standard InChI is InChI=1S/C20H24O3/c1-19-7-5-13(22)10-17(19)12(11-21)9-14-15-3-4-18(23)20(15,2)8-6-16(14)19/h5,7,9-11,14-16,18,23H,3-4,6,8H2,1-2H3/t14-,15-,16-,18?,19+,20-/m0/s1. The molecule has 122 valence electrons. The lowest BCUT2D eigenvalue weighted by molar-refractivity contribution is -0.110. The summed E-state index contributed by atoms with van der Waals surface area (Å²) in [7, 11) is 0. The maximum atomic E-state index is 11.8. The average molecular weight is 312 g/mol. The normalized spacial score (nSPS) is 48.0. The predicted octanol–water partition coefficient (Wildman–Crippen LogP) is 3.00. The van der Waals surface area contributed by atoms with Crippen LogP contribution in [-0.4, -0.2) is 23.3 Å². The van der Waals surface area contributed by atoms with E-state index < -0.39 is 0 Å². The van der Waals surface area contributed by atoms with Gasteiger partial charge >= 0.3 is 0 Å². The maximum Gasteiger partial charge on any atom is 0.178 e. The van der Waals surface area contributed by atoms with Gasteiger partial charge in [0, 0.05) is 11.0 Å². The third kappa shape index (κ3) is 1.86. The smallest absolute Gasteiger partial charge is 0.178 e. The Labute approximate surface area is 137 Å². The molecule has 4 aliphatic carbocycles. The summed E-state index contributed by atoms with van der Waals surface area (Å²) < 4.78 is 0. The molecule has 4 rings (SSSR count). The summed E-state index contributed by atoms with van der Waals surface area (Å²) in [6, 6.07) is 0. The fourth-order valence-electron chi connectivity index (χ4n) is 5.91. The first-order valence-electron chi connectivity index (χ1n) is 8.71. The predicted molar refractivity (Wildman–Crippen MR) is 87.5 cm³/mol. The van der Waals surface area contributed by atoms with Gasteiger partial charge in [-0.3, -0.25) is 9.59 Å². The van der Waals surface area contributed by atoms with Crippen molar-refractivity contribution in [2.45, 2.75) is 45.6 Å². The van der Waals surface area contributed by atoms with Crippen molar-refractivity contribution < 1.29 is 14.7 Å². The van der Waals surface area contributed by atoms with Crippen LogP contribution in [0.15, 0.2) is 35.5 Å². The SMILES string of the molecule is C[C@]12C=CC(=O)C=C1C(C=O)=C[C@@H]1[C@@H]2CC[C@]2(C)C(O)CC[C@@H]12. The van der Waals surface area contributed by atoms with Crippen LogP contribution in [-0.2, 0) is 9.59 Å². The number of ketones is 1. The molecule has 2 fully saturated rings. The summed E-state index contributed by atoms with van der Waals surface area (Å²) in [5, 5.41) is 10.5. The van der Waals surface area contributed by atoms with E-state index in [1.807, 2.05) is 6.08 Å². The summed E-state index contributed by atoms with van der Waals surface area (Å²) in [5.74, 6) is 1.12. The number of aldehydes is 1. The third-order valence-electron chi connectivity index (χ3n) is 7.32. The van der Waals surface area contributed by atoms with Crippen molar-refractivity contribution >= 4 is 12.1 Å². The molecule has 2 saturated carbocycles. The number of fused-ring (bicyclic) bond motifs is 5. The molecule has 23 heavy (non-hydrogen) atoms. The molecule has 0 spiro atoms. The molecule has 0 amide bonds. The highest BCUT2D eigenvalue weighted by molar-refractivity contribution is 6.03. The molecule has 3 heteroatoms. The Morgan fingerprint density at radius 2 is 2.00 bits per heavy atom. The van der Waals surface area contributed by atoms with E-state index in [9.17, 15) is 14.7 Å². The minimum absolute atomic E-state index is 0.0272. The topological polar surface area (TPSA) is 54.4 Å². The first-order valence-corrected chi connectivity index (χ1v) is 8.71. The molecule has 1 unspecified atom stereocenters. The van der Waals surface area contributed by atoms with Crippen molar-refractivity contribution in [3.05, 3.63) is 35.5 Å². The lowest BCUT2D eigenvalue weighted by atomic mass is 9.49. The zero-order valence-electron chi connectivity index (χ0n) is 13.8. The molecule has 0 aromatic heterocycles. The molecular weight excluding hydrogens is 288 g/mol. The van der Waals surface area contributed by atoms with Crippen molar-refractivity contribution in [1.29, 1.82) is 0 Å². The van der Waals surface area contributed by atoms with Crippen LogP contribution in [0.1, 0.15) is 39.5 Å². The van der Waals surface area contributed by atoms with Crippen LogP contribution in [0, 0.1) is 28.6 Å². The highest BCUT2D eigenvalue weighted by Crippen LogP contribution is 2.63. The van der Waals surface area contributed by atoms with Gasteiger partial charge < -0.3 is 5.11 Å². The highest BCUT2D eigenvalue weighted by atomic mass is 16.3. The van der Waals surface area contributed by atoms with Crippen LogP contribution in [0.3, 0.4) is 0 Å². The number of carbonyl (C=O) groups is 2. The van der Waals surface area contributed by atoms with E-state index in [1.165, 1.54) is 0 Å². The van der Waals surface area contributed by atoms with Crippen molar-refractivity contribution in [1.82, 2.24) is 0 Å². The van der Waals surface area contributed by atoms with E-state index in [1.54, 1.807) is 12.2 Å². The number of aliphatic hydroxyl groups is 1. The Hall–Kier alpha value is -1.48. The molecule has 6 atom stereocenters. The summed E-state index contributed by atoms with van der Waals surface area (Å²) in [6.45, 7) is 4.39. The molecule has 0 aromatic rings. The monoisotopic (exact) mass is 312 g/mol. The van der Waals surface area contributed by atoms with Crippen molar-refractivity contribution in [3.63, 3.8) is 0 Å². The van der Waals surface area contributed by atoms with Gasteiger partial charge in [0.25, 0.3) is 0 Å². The van der Waals surface area contributed by atoms with Crippen LogP contribution in [0.5, 0.6) is 0 Å². The summed E-state index contributed by atoms with van der Waals surface area (Å²) >= 11 is 0. The fraction of sp³-hybridized carbons (Fsp3) is 0.600. The van der Waals surface area contributed by atoms with Crippen LogP contribution in [0.2, 0.25) is 0 Å². The van der Waals surface area contributed by atoms with Gasteiger partial charge in [-0.2, -0.15) is 0 Å². The van der Waals surface area contributed by atoms with Gasteiger partial charge in [-0.05, 0) is 66.6 Å². The van der Waals surface area contributed by atoms with Crippen LogP contribution in [0.4, 0.5) is 0 Å². The van der Waals surface area contributed by atoms with E-state index >= 15 is 0 Å². The number of carbonyl (C=O) groups excluding carboxylic acids is 2. The first kappa shape index (κ1) is 15.1. The number of aliphatic hydroxyl groups excluding tert-OH is 1. The molecule has 0 aliphatic heterocycles. The number of rotatable bonds is 1. The number of hydrogen-bond acceptors (Lipinski definition) is 3. The number of hydrogen-bond donors (Lipinski definition) is 1. The van der Waals surface area contributed by atoms with Gasteiger partial charge in [-0.25, -0.2) is 0 Å². The molecular formula is C20H24O3. The molecule has 0 saturated heterocycles. The van der Waals surface area contributed by atoms with Crippen LogP contribution < -0.4 is 0 Å². The third-order valence-corrected chi connectivity index (χ3v) is 7.32. The molecule has 0 heterocycles. The second-order valence-corrected chi connectivity index (χ2v) is 8.24.